The fraction of sp³-hybridized carbons (Fsp3) is 0.125. The number of halogens is 3. The second-order valence-electron chi connectivity index (χ2n) is 7.50. The van der Waals surface area contributed by atoms with Crippen LogP contribution in [0.4, 0.5) is 14.5 Å². The van der Waals surface area contributed by atoms with Crippen molar-refractivity contribution in [3.63, 3.8) is 0 Å². The number of hydrogen-bond donors (Lipinski definition) is 1. The maximum Gasteiger partial charge on any atom is 0.232 e. The first-order valence-electron chi connectivity index (χ1n) is 10.2. The molecule has 0 bridgehead atoms. The highest BCUT2D eigenvalue weighted by molar-refractivity contribution is 7.92. The minimum Gasteiger partial charge on any atom is -0.288 e. The smallest absolute Gasteiger partial charge is 0.232 e. The van der Waals surface area contributed by atoms with Crippen LogP contribution in [0.1, 0.15) is 29.3 Å². The van der Waals surface area contributed by atoms with E-state index in [2.05, 4.69) is 14.7 Å². The number of ketones is 1. The zero-order valence-corrected chi connectivity index (χ0v) is 19.4. The van der Waals surface area contributed by atoms with Gasteiger partial charge in [0.05, 0.1) is 39.9 Å². The highest BCUT2D eigenvalue weighted by Gasteiger charge is 2.24. The van der Waals surface area contributed by atoms with E-state index >= 15 is 4.39 Å². The van der Waals surface area contributed by atoms with Gasteiger partial charge in [0.2, 0.25) is 10.0 Å². The maximum atomic E-state index is 15.0. The molecule has 0 radical (unpaired) electrons. The molecule has 0 saturated heterocycles. The van der Waals surface area contributed by atoms with E-state index in [-0.39, 0.29) is 11.3 Å². The highest BCUT2D eigenvalue weighted by Crippen LogP contribution is 2.27. The molecule has 1 aromatic heterocycles. The van der Waals surface area contributed by atoms with Crippen LogP contribution in [0.2, 0.25) is 5.02 Å². The molecule has 0 spiro atoms. The van der Waals surface area contributed by atoms with Gasteiger partial charge in [0.1, 0.15) is 5.82 Å². The van der Waals surface area contributed by atoms with E-state index in [9.17, 15) is 17.6 Å². The number of hydrogen-bond acceptors (Lipinski definition) is 5. The van der Waals surface area contributed by atoms with Crippen molar-refractivity contribution in [1.29, 1.82) is 0 Å². The van der Waals surface area contributed by atoms with E-state index in [1.165, 1.54) is 18.2 Å². The third-order valence-electron chi connectivity index (χ3n) is 5.00. The molecule has 0 fully saturated rings. The Balaban J connectivity index is 1.73. The van der Waals surface area contributed by atoms with Gasteiger partial charge in [-0.25, -0.2) is 22.2 Å². The van der Waals surface area contributed by atoms with E-state index in [0.29, 0.717) is 28.2 Å². The van der Waals surface area contributed by atoms with Crippen LogP contribution < -0.4 is 4.72 Å². The van der Waals surface area contributed by atoms with Gasteiger partial charge in [0.25, 0.3) is 0 Å². The molecule has 0 amide bonds. The molecule has 3 aromatic carbocycles. The first kappa shape index (κ1) is 23.7. The number of sulfonamides is 1. The second-order valence-corrected chi connectivity index (χ2v) is 9.78. The molecule has 4 rings (SSSR count). The van der Waals surface area contributed by atoms with Crippen LogP contribution in [0, 0.1) is 11.6 Å². The van der Waals surface area contributed by atoms with Gasteiger partial charge >= 0.3 is 0 Å². The van der Waals surface area contributed by atoms with Gasteiger partial charge < -0.3 is 0 Å². The van der Waals surface area contributed by atoms with Crippen molar-refractivity contribution in [2.75, 3.05) is 10.5 Å². The number of nitrogens with zero attached hydrogens (tertiary/aromatic N) is 2. The molecule has 0 aliphatic rings. The predicted molar refractivity (Wildman–Crippen MR) is 127 cm³/mol. The largest absolute Gasteiger partial charge is 0.288 e. The van der Waals surface area contributed by atoms with Gasteiger partial charge in [-0.05, 0) is 48.9 Å². The Morgan fingerprint density at radius 3 is 2.47 bits per heavy atom. The van der Waals surface area contributed by atoms with Crippen molar-refractivity contribution < 1.29 is 22.0 Å². The number of nitrogens with one attached hydrogen (secondary N) is 1. The molecule has 174 valence electrons. The number of benzene rings is 3. The first-order valence-corrected chi connectivity index (χ1v) is 12.3. The first-order chi connectivity index (χ1) is 16.2. The molecule has 0 aliphatic heterocycles. The number of fused-ring (bicyclic) bond motifs is 1. The summed E-state index contributed by atoms with van der Waals surface area (Å²) in [6, 6.07) is 13.0. The van der Waals surface area contributed by atoms with Crippen molar-refractivity contribution in [3.05, 3.63) is 88.6 Å². The van der Waals surface area contributed by atoms with Crippen LogP contribution in [-0.4, -0.2) is 29.9 Å². The fourth-order valence-corrected chi connectivity index (χ4v) is 4.64. The van der Waals surface area contributed by atoms with E-state index in [4.69, 9.17) is 11.6 Å². The Labute approximate surface area is 199 Å². The lowest BCUT2D eigenvalue weighted by molar-refractivity contribution is 0.103. The van der Waals surface area contributed by atoms with Crippen molar-refractivity contribution in [2.45, 2.75) is 13.3 Å². The molecule has 0 atom stereocenters. The molecule has 1 heterocycles. The summed E-state index contributed by atoms with van der Waals surface area (Å²) in [5.41, 5.74) is 0.719. The summed E-state index contributed by atoms with van der Waals surface area (Å²) in [4.78, 5) is 21.9. The number of aromatic nitrogens is 2. The Bertz CT molecular complexity index is 1510. The van der Waals surface area contributed by atoms with Gasteiger partial charge in [-0.3, -0.25) is 14.5 Å². The van der Waals surface area contributed by atoms with Crippen molar-refractivity contribution in [3.8, 4) is 11.3 Å². The zero-order valence-electron chi connectivity index (χ0n) is 17.8. The van der Waals surface area contributed by atoms with Crippen LogP contribution >= 0.6 is 11.6 Å². The third kappa shape index (κ3) is 4.90. The fourth-order valence-electron chi connectivity index (χ4n) is 3.38. The van der Waals surface area contributed by atoms with Gasteiger partial charge in [-0.1, -0.05) is 30.7 Å². The van der Waals surface area contributed by atoms with E-state index < -0.39 is 38.7 Å². The molecule has 0 unspecified atom stereocenters. The molecule has 10 heteroatoms. The molecule has 0 saturated carbocycles. The lowest BCUT2D eigenvalue weighted by Crippen LogP contribution is -2.18. The highest BCUT2D eigenvalue weighted by atomic mass is 35.5. The van der Waals surface area contributed by atoms with Crippen LogP contribution in [0.25, 0.3) is 22.3 Å². The summed E-state index contributed by atoms with van der Waals surface area (Å²) in [5.74, 6) is -3.59. The number of carbonyl (C=O) groups excluding carboxylic acids is 1. The van der Waals surface area contributed by atoms with Gasteiger partial charge in [0.15, 0.2) is 11.6 Å². The van der Waals surface area contributed by atoms with E-state index in [1.807, 2.05) is 0 Å². The predicted octanol–water partition coefficient (Wildman–Crippen LogP) is 5.61. The molecular weight excluding hydrogens is 484 g/mol. The minimum absolute atomic E-state index is 0.0265. The lowest BCUT2D eigenvalue weighted by atomic mass is 10.0. The summed E-state index contributed by atoms with van der Waals surface area (Å²) in [6.45, 7) is 1.65. The third-order valence-corrected chi connectivity index (χ3v) is 6.73. The summed E-state index contributed by atoms with van der Waals surface area (Å²) in [5, 5.41) is 0.564. The maximum absolute atomic E-state index is 15.0. The summed E-state index contributed by atoms with van der Waals surface area (Å²) in [7, 11) is -3.84. The molecule has 4 aromatic rings. The van der Waals surface area contributed by atoms with Crippen molar-refractivity contribution >= 4 is 44.1 Å². The number of carbonyl (C=O) groups is 1. The number of rotatable bonds is 7. The van der Waals surface area contributed by atoms with E-state index in [1.54, 1.807) is 37.4 Å². The number of anilines is 1. The standard InChI is InChI=1S/C24H18ClF2N3O3S/c1-2-11-34(32,33)30-19-10-8-17(26)22(23(19)27)24(31)15-5-9-18-20(12-15)29-21(13-28-18)14-3-6-16(25)7-4-14/h3-10,12-13,30H,2,11H2,1H3. The molecule has 0 aliphatic carbocycles. The monoisotopic (exact) mass is 501 g/mol. The van der Waals surface area contributed by atoms with Crippen LogP contribution in [-0.2, 0) is 10.0 Å². The van der Waals surface area contributed by atoms with Gasteiger partial charge in [0, 0.05) is 16.1 Å². The summed E-state index contributed by atoms with van der Waals surface area (Å²) >= 11 is 5.92. The van der Waals surface area contributed by atoms with Crippen LogP contribution in [0.15, 0.2) is 60.8 Å². The Morgan fingerprint density at radius 2 is 1.76 bits per heavy atom. The molecule has 34 heavy (non-hydrogen) atoms. The van der Waals surface area contributed by atoms with Crippen molar-refractivity contribution in [1.82, 2.24) is 9.97 Å². The SMILES string of the molecule is CCCS(=O)(=O)Nc1ccc(F)c(C(=O)c2ccc3ncc(-c4ccc(Cl)cc4)nc3c2)c1F. The average molecular weight is 502 g/mol. The van der Waals surface area contributed by atoms with Gasteiger partial charge in [-0.2, -0.15) is 0 Å². The lowest BCUT2D eigenvalue weighted by Gasteiger charge is -2.12. The molecular formula is C24H18ClF2N3O3S. The quantitative estimate of drug-likeness (QED) is 0.332. The minimum atomic E-state index is -3.84. The van der Waals surface area contributed by atoms with E-state index in [0.717, 1.165) is 17.7 Å². The Hall–Kier alpha value is -3.43. The average Bonchev–Trinajstić information content (AvgIpc) is 2.80. The Kier molecular flexibility index (Phi) is 6.58. The van der Waals surface area contributed by atoms with Gasteiger partial charge in [-0.15, -0.1) is 0 Å². The summed E-state index contributed by atoms with van der Waals surface area (Å²) < 4.78 is 55.7. The van der Waals surface area contributed by atoms with Crippen LogP contribution in [0.3, 0.4) is 0 Å². The second kappa shape index (κ2) is 9.44. The van der Waals surface area contributed by atoms with Crippen LogP contribution in [0.5, 0.6) is 0 Å². The normalized spacial score (nSPS) is 11.5. The summed E-state index contributed by atoms with van der Waals surface area (Å²) in [6.07, 6.45) is 1.87. The molecule has 1 N–H and O–H groups in total. The Morgan fingerprint density at radius 1 is 1.03 bits per heavy atom. The molecule has 6 nitrogen and oxygen atoms in total. The van der Waals surface area contributed by atoms with Crippen molar-refractivity contribution in [2.24, 2.45) is 0 Å². The topological polar surface area (TPSA) is 89.0 Å². The zero-order chi connectivity index (χ0) is 24.5.